The molecule has 0 radical (unpaired) electrons. The van der Waals surface area contributed by atoms with Gasteiger partial charge in [0.25, 0.3) is 0 Å². The van der Waals surface area contributed by atoms with Crippen molar-refractivity contribution >= 4 is 0 Å². The summed E-state index contributed by atoms with van der Waals surface area (Å²) < 4.78 is 0. The van der Waals surface area contributed by atoms with Crippen LogP contribution in [-0.2, 0) is 0 Å². The minimum atomic E-state index is -0.149. The molecule has 0 aromatic rings. The second-order valence-electron chi connectivity index (χ2n) is 6.36. The quantitative estimate of drug-likeness (QED) is 0.716. The van der Waals surface area contributed by atoms with Gasteiger partial charge in [-0.15, -0.1) is 0 Å². The van der Waals surface area contributed by atoms with Gasteiger partial charge < -0.3 is 10.4 Å². The number of rotatable bonds is 5. The van der Waals surface area contributed by atoms with Crippen LogP contribution in [0.2, 0.25) is 0 Å². The van der Waals surface area contributed by atoms with Crippen molar-refractivity contribution in [3.63, 3.8) is 0 Å². The van der Waals surface area contributed by atoms with E-state index in [-0.39, 0.29) is 11.0 Å². The number of hydrazine groups is 1. The van der Waals surface area contributed by atoms with Gasteiger partial charge in [-0.1, -0.05) is 27.7 Å². The van der Waals surface area contributed by atoms with Crippen molar-refractivity contribution in [3.8, 4) is 0 Å². The molecule has 0 bridgehead atoms. The third kappa shape index (κ3) is 6.88. The summed E-state index contributed by atoms with van der Waals surface area (Å²) in [7, 11) is 0. The molecule has 0 amide bonds. The fraction of sp³-hybridized carbons (Fsp3) is 1.00. The molecule has 0 saturated heterocycles. The minimum absolute atomic E-state index is 0.149. The molecule has 0 unspecified atom stereocenters. The highest BCUT2D eigenvalue weighted by Gasteiger charge is 2.22. The minimum Gasteiger partial charge on any atom is -0.772 e. The highest BCUT2D eigenvalue weighted by molar-refractivity contribution is 4.75. The molecule has 0 aromatic carbocycles. The molecular weight excluding hydrogens is 188 g/mol. The lowest BCUT2D eigenvalue weighted by Gasteiger charge is -2.39. The van der Waals surface area contributed by atoms with Gasteiger partial charge >= 0.3 is 0 Å². The molecule has 0 rings (SSSR count). The van der Waals surface area contributed by atoms with Crippen LogP contribution in [0.1, 0.15) is 54.9 Å². The second kappa shape index (κ2) is 5.28. The van der Waals surface area contributed by atoms with E-state index in [2.05, 4.69) is 33.1 Å². The summed E-state index contributed by atoms with van der Waals surface area (Å²) in [4.78, 5) is 0. The van der Waals surface area contributed by atoms with Gasteiger partial charge in [0.15, 0.2) is 0 Å². The molecule has 3 heteroatoms. The predicted molar refractivity (Wildman–Crippen MR) is 66.2 cm³/mol. The van der Waals surface area contributed by atoms with Crippen molar-refractivity contribution in [2.45, 2.75) is 60.4 Å². The third-order valence-electron chi connectivity index (χ3n) is 2.98. The standard InChI is InChI=1S/C12H27N2O/c1-10(2)12(6,7)8-9-14(15)13-11(3,4)5/h10,13H,8-9H2,1-7H3/q-1. The van der Waals surface area contributed by atoms with E-state index in [4.69, 9.17) is 0 Å². The molecule has 0 heterocycles. The first-order valence-electron chi connectivity index (χ1n) is 5.77. The molecular formula is C12H27N2O-. The van der Waals surface area contributed by atoms with E-state index in [1.54, 1.807) is 0 Å². The van der Waals surface area contributed by atoms with Crippen LogP contribution in [0.4, 0.5) is 0 Å². The Labute approximate surface area is 94.8 Å². The Balaban J connectivity index is 3.96. The zero-order valence-corrected chi connectivity index (χ0v) is 11.3. The lowest BCUT2D eigenvalue weighted by atomic mass is 9.78. The molecule has 0 atom stereocenters. The van der Waals surface area contributed by atoms with Gasteiger partial charge in [0.05, 0.1) is 0 Å². The molecule has 0 saturated carbocycles. The fourth-order valence-electron chi connectivity index (χ4n) is 1.11. The number of nitrogens with one attached hydrogen (secondary N) is 1. The van der Waals surface area contributed by atoms with E-state index in [0.717, 1.165) is 11.6 Å². The fourth-order valence-corrected chi connectivity index (χ4v) is 1.11. The maximum absolute atomic E-state index is 11.5. The normalized spacial score (nSPS) is 14.0. The van der Waals surface area contributed by atoms with Gasteiger partial charge in [-0.2, -0.15) is 0 Å². The topological polar surface area (TPSA) is 38.3 Å². The molecule has 0 aliphatic rings. The molecule has 3 nitrogen and oxygen atoms in total. The maximum Gasteiger partial charge on any atom is 0.0231 e. The van der Waals surface area contributed by atoms with E-state index in [1.165, 1.54) is 0 Å². The van der Waals surface area contributed by atoms with E-state index in [1.807, 2.05) is 20.8 Å². The highest BCUT2D eigenvalue weighted by Crippen LogP contribution is 2.29. The molecule has 0 aliphatic heterocycles. The first-order chi connectivity index (χ1) is 6.54. The van der Waals surface area contributed by atoms with Crippen molar-refractivity contribution in [1.29, 1.82) is 0 Å². The largest absolute Gasteiger partial charge is 0.772 e. The Bertz CT molecular complexity index is 183. The zero-order valence-electron chi connectivity index (χ0n) is 11.3. The van der Waals surface area contributed by atoms with Crippen molar-refractivity contribution in [2.75, 3.05) is 6.54 Å². The van der Waals surface area contributed by atoms with Gasteiger partial charge in [-0.05, 0) is 45.1 Å². The summed E-state index contributed by atoms with van der Waals surface area (Å²) in [5.74, 6) is 0.598. The van der Waals surface area contributed by atoms with Crippen molar-refractivity contribution in [2.24, 2.45) is 11.3 Å². The predicted octanol–water partition coefficient (Wildman–Crippen LogP) is 3.16. The zero-order chi connectivity index (χ0) is 12.3. The SMILES string of the molecule is CC(C)C(C)(C)CCN([O-])NC(C)(C)C. The maximum atomic E-state index is 11.5. The first kappa shape index (κ1) is 14.9. The Morgan fingerprint density at radius 2 is 1.60 bits per heavy atom. The molecule has 92 valence electrons. The molecule has 0 fully saturated rings. The Kier molecular flexibility index (Phi) is 5.24. The average molecular weight is 215 g/mol. The van der Waals surface area contributed by atoms with Crippen LogP contribution in [0.5, 0.6) is 0 Å². The van der Waals surface area contributed by atoms with E-state index in [9.17, 15) is 5.21 Å². The van der Waals surface area contributed by atoms with Gasteiger partial charge in [0, 0.05) is 5.54 Å². The monoisotopic (exact) mass is 215 g/mol. The van der Waals surface area contributed by atoms with Gasteiger partial charge in [-0.25, -0.2) is 0 Å². The lowest BCUT2D eigenvalue weighted by molar-refractivity contribution is 0.141. The summed E-state index contributed by atoms with van der Waals surface area (Å²) in [6, 6.07) is 0. The van der Waals surface area contributed by atoms with Crippen LogP contribution in [0.3, 0.4) is 0 Å². The van der Waals surface area contributed by atoms with Gasteiger partial charge in [0.1, 0.15) is 0 Å². The van der Waals surface area contributed by atoms with Gasteiger partial charge in [-0.3, -0.25) is 5.43 Å². The Hall–Kier alpha value is -0.120. The van der Waals surface area contributed by atoms with E-state index >= 15 is 0 Å². The van der Waals surface area contributed by atoms with E-state index in [0.29, 0.717) is 12.5 Å². The molecule has 0 spiro atoms. The summed E-state index contributed by atoms with van der Waals surface area (Å²) in [6.07, 6.45) is 0.914. The smallest absolute Gasteiger partial charge is 0.0231 e. The van der Waals surface area contributed by atoms with Gasteiger partial charge in [0.2, 0.25) is 0 Å². The van der Waals surface area contributed by atoms with Crippen molar-refractivity contribution in [1.82, 2.24) is 10.6 Å². The second-order valence-corrected chi connectivity index (χ2v) is 6.36. The van der Waals surface area contributed by atoms with Crippen LogP contribution in [0.25, 0.3) is 0 Å². The van der Waals surface area contributed by atoms with Crippen LogP contribution in [0.15, 0.2) is 0 Å². The molecule has 1 N–H and O–H groups in total. The number of nitrogens with zero attached hydrogens (tertiary/aromatic N) is 1. The van der Waals surface area contributed by atoms with Crippen LogP contribution in [-0.4, -0.2) is 17.3 Å². The van der Waals surface area contributed by atoms with Crippen LogP contribution < -0.4 is 5.43 Å². The number of hydrogen-bond donors (Lipinski definition) is 1. The Morgan fingerprint density at radius 3 is 1.93 bits per heavy atom. The van der Waals surface area contributed by atoms with Crippen LogP contribution in [0, 0.1) is 16.5 Å². The Morgan fingerprint density at radius 1 is 1.13 bits per heavy atom. The average Bonchev–Trinajstić information content (AvgIpc) is 1.97. The van der Waals surface area contributed by atoms with Crippen LogP contribution >= 0.6 is 0 Å². The number of hydrogen-bond acceptors (Lipinski definition) is 3. The summed E-state index contributed by atoms with van der Waals surface area (Å²) >= 11 is 0. The molecule has 15 heavy (non-hydrogen) atoms. The molecule has 0 aromatic heterocycles. The molecule has 0 aliphatic carbocycles. The lowest BCUT2D eigenvalue weighted by Crippen LogP contribution is -2.47. The first-order valence-corrected chi connectivity index (χ1v) is 5.77. The summed E-state index contributed by atoms with van der Waals surface area (Å²) in [5, 5.41) is 12.5. The highest BCUT2D eigenvalue weighted by atomic mass is 16.5. The summed E-state index contributed by atoms with van der Waals surface area (Å²) in [6.45, 7) is 15.3. The summed E-state index contributed by atoms with van der Waals surface area (Å²) in [5.41, 5.74) is 2.98. The third-order valence-corrected chi connectivity index (χ3v) is 2.98. The number of hydroxylamine groups is 1. The van der Waals surface area contributed by atoms with Crippen molar-refractivity contribution < 1.29 is 0 Å². The van der Waals surface area contributed by atoms with E-state index < -0.39 is 0 Å². The van der Waals surface area contributed by atoms with Crippen molar-refractivity contribution in [3.05, 3.63) is 5.21 Å².